The first kappa shape index (κ1) is 24.1. The van der Waals surface area contributed by atoms with E-state index in [1.807, 2.05) is 20.8 Å². The van der Waals surface area contributed by atoms with Crippen molar-refractivity contribution in [2.45, 2.75) is 103 Å². The summed E-state index contributed by atoms with van der Waals surface area (Å²) in [6, 6.07) is 0. The number of carbonyl (C=O) groups is 1. The van der Waals surface area contributed by atoms with Crippen LogP contribution in [0.4, 0.5) is 0 Å². The van der Waals surface area contributed by atoms with E-state index >= 15 is 0 Å². The maximum atomic E-state index is 12.3. The lowest BCUT2D eigenvalue weighted by Gasteiger charge is -2.51. The maximum Gasteiger partial charge on any atom is 0.192 e. The standard InChI is InChI=1S/C24H42O5Si/c1-10-17-13-18(25)11-15(2)24(17,26)19-12-16-14-27-23(6,7)28-20(16)21(19)29-30(8,9)22(3,4)5/h10,15-17,19-21,26H,1,11-14H2,2-9H3/t15-,16-,17+,19-,20+,21+,24-/m0/s1. The van der Waals surface area contributed by atoms with Crippen molar-refractivity contribution in [2.24, 2.45) is 23.7 Å². The van der Waals surface area contributed by atoms with Gasteiger partial charge in [-0.15, -0.1) is 6.58 Å². The van der Waals surface area contributed by atoms with Gasteiger partial charge in [-0.1, -0.05) is 33.8 Å². The molecule has 0 radical (unpaired) electrons. The summed E-state index contributed by atoms with van der Waals surface area (Å²) in [4.78, 5) is 12.3. The van der Waals surface area contributed by atoms with E-state index in [2.05, 4.69) is 40.4 Å². The Morgan fingerprint density at radius 1 is 1.27 bits per heavy atom. The smallest absolute Gasteiger partial charge is 0.192 e. The summed E-state index contributed by atoms with van der Waals surface area (Å²) in [5.41, 5.74) is -1.03. The van der Waals surface area contributed by atoms with E-state index in [1.54, 1.807) is 6.08 Å². The third-order valence-electron chi connectivity index (χ3n) is 8.29. The Kier molecular flexibility index (Phi) is 6.27. The predicted octanol–water partition coefficient (Wildman–Crippen LogP) is 4.70. The van der Waals surface area contributed by atoms with Gasteiger partial charge in [0.2, 0.25) is 0 Å². The largest absolute Gasteiger partial charge is 0.411 e. The number of fused-ring (bicyclic) bond motifs is 1. The SMILES string of the molecule is C=C[C@@H]1CC(=O)C[C@H](C)[C@@]1(O)[C@H]1C[C@H]2COC(C)(C)O[C@H]2[C@@H]1O[Si](C)(C)C(C)(C)C. The summed E-state index contributed by atoms with van der Waals surface area (Å²) in [7, 11) is -2.12. The summed E-state index contributed by atoms with van der Waals surface area (Å²) in [5, 5.41) is 12.2. The normalized spacial score (nSPS) is 42.1. The van der Waals surface area contributed by atoms with Crippen LogP contribution >= 0.6 is 0 Å². The van der Waals surface area contributed by atoms with Gasteiger partial charge < -0.3 is 19.0 Å². The summed E-state index contributed by atoms with van der Waals surface area (Å²) in [6.45, 7) is 21.7. The number of aliphatic hydroxyl groups is 1. The number of hydrogen-bond donors (Lipinski definition) is 1. The van der Waals surface area contributed by atoms with Crippen LogP contribution < -0.4 is 0 Å². The lowest BCUT2D eigenvalue weighted by molar-refractivity contribution is -0.298. The molecular formula is C24H42O5Si. The third-order valence-corrected chi connectivity index (χ3v) is 12.8. The van der Waals surface area contributed by atoms with Crippen LogP contribution in [0.15, 0.2) is 12.7 Å². The van der Waals surface area contributed by atoms with Crippen molar-refractivity contribution in [3.8, 4) is 0 Å². The number of hydrogen-bond acceptors (Lipinski definition) is 5. The molecule has 0 amide bonds. The number of ether oxygens (including phenoxy) is 2. The van der Waals surface area contributed by atoms with Gasteiger partial charge in [0, 0.05) is 30.6 Å². The number of ketones is 1. The first-order valence-electron chi connectivity index (χ1n) is 11.5. The highest BCUT2D eigenvalue weighted by atomic mass is 28.4. The molecule has 0 spiro atoms. The first-order valence-corrected chi connectivity index (χ1v) is 14.4. The summed E-state index contributed by atoms with van der Waals surface area (Å²) in [6.07, 6.45) is 2.97. The Balaban J connectivity index is 2.02. The van der Waals surface area contributed by atoms with Gasteiger partial charge >= 0.3 is 0 Å². The Bertz CT molecular complexity index is 682. The monoisotopic (exact) mass is 438 g/mol. The second kappa shape index (κ2) is 7.80. The number of rotatable bonds is 4. The molecule has 3 rings (SSSR count). The zero-order valence-electron chi connectivity index (χ0n) is 20.2. The molecule has 30 heavy (non-hydrogen) atoms. The quantitative estimate of drug-likeness (QED) is 0.509. The molecule has 1 saturated heterocycles. The van der Waals surface area contributed by atoms with E-state index in [1.165, 1.54) is 0 Å². The van der Waals surface area contributed by atoms with Gasteiger partial charge in [-0.2, -0.15) is 0 Å². The van der Waals surface area contributed by atoms with E-state index in [0.717, 1.165) is 6.42 Å². The molecule has 3 fully saturated rings. The minimum Gasteiger partial charge on any atom is -0.411 e. The minimum absolute atomic E-state index is 0.0466. The van der Waals surface area contributed by atoms with Gasteiger partial charge in [0.1, 0.15) is 5.78 Å². The molecule has 0 aromatic rings. The van der Waals surface area contributed by atoms with Crippen LogP contribution in [0.5, 0.6) is 0 Å². The molecule has 2 aliphatic carbocycles. The van der Waals surface area contributed by atoms with Crippen molar-refractivity contribution in [1.82, 2.24) is 0 Å². The average molecular weight is 439 g/mol. The third kappa shape index (κ3) is 4.10. The molecule has 6 heteroatoms. The number of carbonyl (C=O) groups excluding carboxylic acids is 1. The van der Waals surface area contributed by atoms with Crippen LogP contribution in [-0.4, -0.2) is 49.4 Å². The van der Waals surface area contributed by atoms with Crippen LogP contribution in [0.2, 0.25) is 18.1 Å². The van der Waals surface area contributed by atoms with Crippen LogP contribution in [0, 0.1) is 23.7 Å². The molecule has 1 N–H and O–H groups in total. The van der Waals surface area contributed by atoms with Crippen LogP contribution in [0.3, 0.4) is 0 Å². The highest BCUT2D eigenvalue weighted by molar-refractivity contribution is 6.74. The van der Waals surface area contributed by atoms with E-state index in [0.29, 0.717) is 19.4 Å². The van der Waals surface area contributed by atoms with Crippen LogP contribution in [0.1, 0.15) is 60.8 Å². The molecular weight excluding hydrogens is 396 g/mol. The van der Waals surface area contributed by atoms with Crippen molar-refractivity contribution in [3.05, 3.63) is 12.7 Å². The molecule has 0 bridgehead atoms. The van der Waals surface area contributed by atoms with E-state index in [9.17, 15) is 9.90 Å². The second-order valence-corrected chi connectivity index (χ2v) is 16.6. The fourth-order valence-corrected chi connectivity index (χ4v) is 6.81. The van der Waals surface area contributed by atoms with Gasteiger partial charge in [-0.3, -0.25) is 4.79 Å². The summed E-state index contributed by atoms with van der Waals surface area (Å²) < 4.78 is 19.4. The molecule has 2 saturated carbocycles. The molecule has 172 valence electrons. The van der Waals surface area contributed by atoms with Gasteiger partial charge in [0.05, 0.1) is 24.4 Å². The van der Waals surface area contributed by atoms with Crippen LogP contribution in [-0.2, 0) is 18.7 Å². The molecule has 0 aromatic carbocycles. The van der Waals surface area contributed by atoms with Crippen molar-refractivity contribution in [2.75, 3.05) is 6.61 Å². The Morgan fingerprint density at radius 2 is 1.90 bits per heavy atom. The topological polar surface area (TPSA) is 65.0 Å². The predicted molar refractivity (Wildman–Crippen MR) is 121 cm³/mol. The molecule has 0 unspecified atom stereocenters. The van der Waals surface area contributed by atoms with Gasteiger partial charge in [-0.05, 0) is 44.3 Å². The van der Waals surface area contributed by atoms with Crippen molar-refractivity contribution in [3.63, 3.8) is 0 Å². The minimum atomic E-state index is -2.12. The Hall–Kier alpha value is -0.533. The highest BCUT2D eigenvalue weighted by Crippen LogP contribution is 2.54. The second-order valence-electron chi connectivity index (χ2n) is 11.8. The zero-order chi connectivity index (χ0) is 22.7. The van der Waals surface area contributed by atoms with E-state index in [-0.39, 0.29) is 46.7 Å². The van der Waals surface area contributed by atoms with Gasteiger partial charge in [-0.25, -0.2) is 0 Å². The van der Waals surface area contributed by atoms with E-state index in [4.69, 9.17) is 13.9 Å². The average Bonchev–Trinajstić information content (AvgIpc) is 2.93. The zero-order valence-corrected chi connectivity index (χ0v) is 21.2. The Labute approximate surface area is 183 Å². The maximum absolute atomic E-state index is 12.3. The molecule has 1 aliphatic heterocycles. The van der Waals surface area contributed by atoms with Crippen molar-refractivity contribution in [1.29, 1.82) is 0 Å². The fourth-order valence-electron chi connectivity index (χ4n) is 5.48. The van der Waals surface area contributed by atoms with Gasteiger partial charge in [0.15, 0.2) is 14.1 Å². The molecule has 1 heterocycles. The summed E-state index contributed by atoms with van der Waals surface area (Å²) in [5.74, 6) is -0.818. The molecule has 5 nitrogen and oxygen atoms in total. The Morgan fingerprint density at radius 3 is 2.47 bits per heavy atom. The number of Topliss-reactive ketones (excluding diaryl/α,β-unsaturated/α-hetero) is 1. The summed E-state index contributed by atoms with van der Waals surface area (Å²) >= 11 is 0. The van der Waals surface area contributed by atoms with Crippen LogP contribution in [0.25, 0.3) is 0 Å². The highest BCUT2D eigenvalue weighted by Gasteiger charge is 2.62. The van der Waals surface area contributed by atoms with Crippen molar-refractivity contribution < 1.29 is 23.8 Å². The van der Waals surface area contributed by atoms with E-state index < -0.39 is 19.7 Å². The molecule has 3 aliphatic rings. The first-order chi connectivity index (χ1) is 13.6. The molecule has 0 aromatic heterocycles. The van der Waals surface area contributed by atoms with Crippen molar-refractivity contribution >= 4 is 14.1 Å². The van der Waals surface area contributed by atoms with Gasteiger partial charge in [0.25, 0.3) is 0 Å². The lowest BCUT2D eigenvalue weighted by atomic mass is 9.61. The molecule has 7 atom stereocenters. The lowest BCUT2D eigenvalue weighted by Crippen LogP contribution is -2.60. The fraction of sp³-hybridized carbons (Fsp3) is 0.875.